The highest BCUT2D eigenvalue weighted by atomic mass is 79.9. The van der Waals surface area contributed by atoms with E-state index in [4.69, 9.17) is 4.74 Å². The Morgan fingerprint density at radius 1 is 0.850 bits per heavy atom. The van der Waals surface area contributed by atoms with Gasteiger partial charge in [0.15, 0.2) is 0 Å². The summed E-state index contributed by atoms with van der Waals surface area (Å²) < 4.78 is 7.98. The van der Waals surface area contributed by atoms with Crippen LogP contribution in [0.15, 0.2) is 21.1 Å². The zero-order valence-electron chi connectivity index (χ0n) is 12.7. The quantitative estimate of drug-likeness (QED) is 0.379. The van der Waals surface area contributed by atoms with Crippen LogP contribution in [-0.2, 0) is 0 Å². The van der Waals surface area contributed by atoms with Gasteiger partial charge in [-0.25, -0.2) is 0 Å². The maximum atomic E-state index is 5.84. The first-order chi connectivity index (χ1) is 9.65. The number of aryl methyl sites for hydroxylation is 1. The summed E-state index contributed by atoms with van der Waals surface area (Å²) in [4.78, 5) is 0. The molecule has 0 aromatic heterocycles. The van der Waals surface area contributed by atoms with Crippen molar-refractivity contribution < 1.29 is 4.74 Å². The molecule has 0 fully saturated rings. The van der Waals surface area contributed by atoms with Crippen LogP contribution in [0.3, 0.4) is 0 Å². The first-order valence-electron chi connectivity index (χ1n) is 7.73. The maximum absolute atomic E-state index is 5.84. The predicted molar refractivity (Wildman–Crippen MR) is 94.7 cm³/mol. The van der Waals surface area contributed by atoms with E-state index < -0.39 is 0 Å². The highest BCUT2D eigenvalue weighted by molar-refractivity contribution is 9.11. The monoisotopic (exact) mass is 404 g/mol. The van der Waals surface area contributed by atoms with Crippen molar-refractivity contribution in [3.63, 3.8) is 0 Å². The van der Waals surface area contributed by atoms with Crippen molar-refractivity contribution in [3.05, 3.63) is 26.6 Å². The molecule has 0 saturated heterocycles. The molecule has 3 heteroatoms. The van der Waals surface area contributed by atoms with Crippen molar-refractivity contribution in [3.8, 4) is 5.75 Å². The highest BCUT2D eigenvalue weighted by Gasteiger charge is 2.04. The van der Waals surface area contributed by atoms with Gasteiger partial charge in [0.05, 0.1) is 11.1 Å². The number of halogens is 2. The van der Waals surface area contributed by atoms with Crippen LogP contribution in [0.5, 0.6) is 5.75 Å². The van der Waals surface area contributed by atoms with Crippen molar-refractivity contribution in [1.29, 1.82) is 0 Å². The molecule has 0 saturated carbocycles. The molecular formula is C17H26Br2O. The number of rotatable bonds is 10. The Hall–Kier alpha value is -0.0200. The van der Waals surface area contributed by atoms with Crippen LogP contribution >= 0.6 is 31.9 Å². The fourth-order valence-corrected chi connectivity index (χ4v) is 3.05. The van der Waals surface area contributed by atoms with Crippen molar-refractivity contribution >= 4 is 31.9 Å². The molecule has 0 radical (unpaired) electrons. The van der Waals surface area contributed by atoms with Crippen LogP contribution in [0.1, 0.15) is 63.9 Å². The molecule has 0 unspecified atom stereocenters. The van der Waals surface area contributed by atoms with Gasteiger partial charge < -0.3 is 4.74 Å². The van der Waals surface area contributed by atoms with Gasteiger partial charge in [-0.05, 0) is 47.0 Å². The molecule has 114 valence electrons. The maximum Gasteiger partial charge on any atom is 0.134 e. The second-order valence-electron chi connectivity index (χ2n) is 5.36. The first-order valence-corrected chi connectivity index (χ1v) is 9.32. The largest absolute Gasteiger partial charge is 0.492 e. The van der Waals surface area contributed by atoms with Gasteiger partial charge in [0, 0.05) is 4.47 Å². The van der Waals surface area contributed by atoms with Crippen molar-refractivity contribution in [2.75, 3.05) is 6.61 Å². The molecule has 1 aromatic rings. The molecule has 0 N–H and O–H groups in total. The van der Waals surface area contributed by atoms with Gasteiger partial charge in [0.1, 0.15) is 5.75 Å². The Morgan fingerprint density at radius 3 is 2.10 bits per heavy atom. The summed E-state index contributed by atoms with van der Waals surface area (Å²) in [5.74, 6) is 0.936. The molecule has 0 atom stereocenters. The third kappa shape index (κ3) is 7.12. The lowest BCUT2D eigenvalue weighted by atomic mass is 10.1. The zero-order valence-corrected chi connectivity index (χ0v) is 15.9. The topological polar surface area (TPSA) is 9.23 Å². The van der Waals surface area contributed by atoms with Gasteiger partial charge in [-0.3, -0.25) is 0 Å². The van der Waals surface area contributed by atoms with E-state index in [1.54, 1.807) is 0 Å². The molecule has 0 aliphatic carbocycles. The average Bonchev–Trinajstić information content (AvgIpc) is 2.42. The molecule has 1 rings (SSSR count). The van der Waals surface area contributed by atoms with Gasteiger partial charge in [-0.2, -0.15) is 0 Å². The third-order valence-electron chi connectivity index (χ3n) is 3.47. The number of unbranched alkanes of at least 4 members (excludes halogenated alkanes) is 7. The Bertz CT molecular complexity index is 391. The van der Waals surface area contributed by atoms with E-state index in [0.29, 0.717) is 0 Å². The van der Waals surface area contributed by atoms with E-state index >= 15 is 0 Å². The average molecular weight is 406 g/mol. The van der Waals surface area contributed by atoms with Gasteiger partial charge >= 0.3 is 0 Å². The minimum atomic E-state index is 0.809. The second kappa shape index (κ2) is 10.7. The van der Waals surface area contributed by atoms with E-state index in [1.165, 1.54) is 50.5 Å². The van der Waals surface area contributed by atoms with Gasteiger partial charge in [-0.15, -0.1) is 0 Å². The molecule has 0 amide bonds. The van der Waals surface area contributed by atoms with Crippen LogP contribution in [0.4, 0.5) is 0 Å². The Morgan fingerprint density at radius 2 is 1.45 bits per heavy atom. The Balaban J connectivity index is 2.11. The SMILES string of the molecule is CCCCCCCCCCOc1cc(Br)c(C)cc1Br. The normalized spacial score (nSPS) is 10.8. The summed E-state index contributed by atoms with van der Waals surface area (Å²) in [6, 6.07) is 4.14. The third-order valence-corrected chi connectivity index (χ3v) is 4.94. The molecule has 0 spiro atoms. The van der Waals surface area contributed by atoms with Crippen LogP contribution in [-0.4, -0.2) is 6.61 Å². The van der Waals surface area contributed by atoms with E-state index in [-0.39, 0.29) is 0 Å². The van der Waals surface area contributed by atoms with Gasteiger partial charge in [-0.1, -0.05) is 67.8 Å². The number of hydrogen-bond acceptors (Lipinski definition) is 1. The van der Waals surface area contributed by atoms with Crippen LogP contribution in [0, 0.1) is 6.92 Å². The fourth-order valence-electron chi connectivity index (χ4n) is 2.16. The number of hydrogen-bond donors (Lipinski definition) is 0. The van der Waals surface area contributed by atoms with E-state index in [0.717, 1.165) is 27.7 Å². The minimum absolute atomic E-state index is 0.809. The summed E-state index contributed by atoms with van der Waals surface area (Å²) in [6.07, 6.45) is 10.6. The summed E-state index contributed by atoms with van der Waals surface area (Å²) in [5, 5.41) is 0. The van der Waals surface area contributed by atoms with Crippen LogP contribution < -0.4 is 4.74 Å². The smallest absolute Gasteiger partial charge is 0.134 e. The van der Waals surface area contributed by atoms with Crippen molar-refractivity contribution in [2.45, 2.75) is 65.2 Å². The summed E-state index contributed by atoms with van der Waals surface area (Å²) >= 11 is 7.10. The van der Waals surface area contributed by atoms with Crippen LogP contribution in [0.2, 0.25) is 0 Å². The van der Waals surface area contributed by atoms with Gasteiger partial charge in [0.2, 0.25) is 0 Å². The Labute approximate surface area is 140 Å². The van der Waals surface area contributed by atoms with E-state index in [9.17, 15) is 0 Å². The summed E-state index contributed by atoms with van der Waals surface area (Å²) in [6.45, 7) is 5.15. The number of ether oxygens (including phenoxy) is 1. The van der Waals surface area contributed by atoms with Crippen LogP contribution in [0.25, 0.3) is 0 Å². The molecule has 1 nitrogen and oxygen atoms in total. The van der Waals surface area contributed by atoms with Crippen molar-refractivity contribution in [2.24, 2.45) is 0 Å². The predicted octanol–water partition coefficient (Wildman–Crippen LogP) is 7.04. The molecule has 0 aliphatic rings. The highest BCUT2D eigenvalue weighted by Crippen LogP contribution is 2.31. The second-order valence-corrected chi connectivity index (χ2v) is 7.06. The molecule has 0 heterocycles. The first kappa shape index (κ1) is 18.0. The lowest BCUT2D eigenvalue weighted by Crippen LogP contribution is -1.98. The number of benzene rings is 1. The summed E-state index contributed by atoms with van der Waals surface area (Å²) in [7, 11) is 0. The lowest BCUT2D eigenvalue weighted by Gasteiger charge is -2.10. The Kier molecular flexibility index (Phi) is 9.62. The van der Waals surface area contributed by atoms with Gasteiger partial charge in [0.25, 0.3) is 0 Å². The standard InChI is InChI=1S/C17H26Br2O/c1-3-4-5-6-7-8-9-10-11-20-17-13-15(18)14(2)12-16(17)19/h12-13H,3-11H2,1-2H3. The molecule has 20 heavy (non-hydrogen) atoms. The molecule has 0 bridgehead atoms. The molecular weight excluding hydrogens is 380 g/mol. The lowest BCUT2D eigenvalue weighted by molar-refractivity contribution is 0.302. The molecule has 1 aromatic carbocycles. The van der Waals surface area contributed by atoms with E-state index in [2.05, 4.69) is 51.8 Å². The van der Waals surface area contributed by atoms with E-state index in [1.807, 2.05) is 6.07 Å². The zero-order chi connectivity index (χ0) is 14.8. The molecule has 0 aliphatic heterocycles. The van der Waals surface area contributed by atoms with Crippen molar-refractivity contribution in [1.82, 2.24) is 0 Å². The summed E-state index contributed by atoms with van der Waals surface area (Å²) in [5.41, 5.74) is 1.22. The minimum Gasteiger partial charge on any atom is -0.492 e. The fraction of sp³-hybridized carbons (Fsp3) is 0.647.